The number of rotatable bonds is 3. The number of nitrogens with one attached hydrogen (secondary N) is 2. The molecule has 0 saturated heterocycles. The number of pyridine rings is 3. The summed E-state index contributed by atoms with van der Waals surface area (Å²) in [6.07, 6.45) is 3.42. The molecule has 7 nitrogen and oxygen atoms in total. The Morgan fingerprint density at radius 1 is 1.20 bits per heavy atom. The molecule has 0 amide bonds. The van der Waals surface area contributed by atoms with Gasteiger partial charge in [-0.15, -0.1) is 11.3 Å². The number of hydrogen-bond donors (Lipinski definition) is 3. The van der Waals surface area contributed by atoms with E-state index < -0.39 is 0 Å². The van der Waals surface area contributed by atoms with Crippen LogP contribution in [0, 0.1) is 6.92 Å². The second-order valence-electron chi connectivity index (χ2n) is 5.59. The van der Waals surface area contributed by atoms with Crippen LogP contribution in [0.4, 0.5) is 17.5 Å². The summed E-state index contributed by atoms with van der Waals surface area (Å²) in [5.74, 6) is 1.66. The summed E-state index contributed by atoms with van der Waals surface area (Å²) in [6.45, 7) is 1.87. The number of anilines is 3. The molecule has 0 fully saturated rings. The third-order valence-electron chi connectivity index (χ3n) is 3.55. The van der Waals surface area contributed by atoms with E-state index in [4.69, 9.17) is 5.73 Å². The van der Waals surface area contributed by atoms with Crippen molar-refractivity contribution in [3.8, 4) is 10.6 Å². The average Bonchev–Trinajstić information content (AvgIpc) is 2.97. The van der Waals surface area contributed by atoms with Crippen molar-refractivity contribution in [1.82, 2.24) is 19.9 Å². The monoisotopic (exact) mass is 350 g/mol. The van der Waals surface area contributed by atoms with E-state index in [0.29, 0.717) is 17.5 Å². The Labute approximate surface area is 146 Å². The Balaban J connectivity index is 1.69. The lowest BCUT2D eigenvalue weighted by Gasteiger charge is -2.05. The van der Waals surface area contributed by atoms with Crippen LogP contribution in [0.2, 0.25) is 0 Å². The molecule has 4 N–H and O–H groups in total. The minimum atomic E-state index is -0.158. The number of fused-ring (bicyclic) bond motifs is 1. The van der Waals surface area contributed by atoms with E-state index in [1.165, 1.54) is 17.4 Å². The lowest BCUT2D eigenvalue weighted by molar-refractivity contribution is 1.19. The number of aromatic nitrogens is 4. The van der Waals surface area contributed by atoms with Crippen molar-refractivity contribution < 1.29 is 0 Å². The minimum Gasteiger partial charge on any atom is -0.384 e. The molecule has 4 aromatic heterocycles. The molecule has 0 atom stereocenters. The van der Waals surface area contributed by atoms with Gasteiger partial charge in [0, 0.05) is 30.1 Å². The van der Waals surface area contributed by atoms with E-state index >= 15 is 0 Å². The van der Waals surface area contributed by atoms with E-state index in [1.54, 1.807) is 18.5 Å². The summed E-state index contributed by atoms with van der Waals surface area (Å²) in [6, 6.07) is 8.90. The van der Waals surface area contributed by atoms with Gasteiger partial charge in [-0.25, -0.2) is 15.0 Å². The zero-order valence-corrected chi connectivity index (χ0v) is 14.1. The lowest BCUT2D eigenvalue weighted by atomic mass is 10.3. The SMILES string of the molecule is Cc1cc(Nc2cc3nc(-c4ccnc(N)c4)sc3cn2)[nH]c(=O)c1. The first-order valence-corrected chi connectivity index (χ1v) is 8.35. The number of aromatic amines is 1. The molecule has 4 heterocycles. The van der Waals surface area contributed by atoms with Crippen molar-refractivity contribution in [3.63, 3.8) is 0 Å². The Morgan fingerprint density at radius 3 is 2.88 bits per heavy atom. The van der Waals surface area contributed by atoms with Crippen molar-refractivity contribution in [2.24, 2.45) is 0 Å². The molecule has 124 valence electrons. The largest absolute Gasteiger partial charge is 0.384 e. The molecule has 25 heavy (non-hydrogen) atoms. The van der Waals surface area contributed by atoms with Gasteiger partial charge in [-0.05, 0) is 30.7 Å². The van der Waals surface area contributed by atoms with E-state index in [1.807, 2.05) is 25.1 Å². The van der Waals surface area contributed by atoms with E-state index in [0.717, 1.165) is 26.4 Å². The number of nitrogen functional groups attached to an aromatic ring is 1. The first-order chi connectivity index (χ1) is 12.1. The summed E-state index contributed by atoms with van der Waals surface area (Å²) >= 11 is 1.54. The van der Waals surface area contributed by atoms with Crippen LogP contribution >= 0.6 is 11.3 Å². The van der Waals surface area contributed by atoms with Gasteiger partial charge in [0.25, 0.3) is 0 Å². The Hall–Kier alpha value is -3.26. The van der Waals surface area contributed by atoms with E-state index in [2.05, 4.69) is 25.3 Å². The maximum atomic E-state index is 11.6. The van der Waals surface area contributed by atoms with Gasteiger partial charge in [-0.3, -0.25) is 4.79 Å². The molecule has 0 aromatic carbocycles. The second kappa shape index (κ2) is 5.99. The molecule has 0 unspecified atom stereocenters. The fraction of sp³-hybridized carbons (Fsp3) is 0.0588. The third kappa shape index (κ3) is 3.20. The Morgan fingerprint density at radius 2 is 2.08 bits per heavy atom. The average molecular weight is 350 g/mol. The predicted octanol–water partition coefficient (Wildman–Crippen LogP) is 3.08. The van der Waals surface area contributed by atoms with E-state index in [-0.39, 0.29) is 5.56 Å². The zero-order valence-electron chi connectivity index (χ0n) is 13.3. The van der Waals surface area contributed by atoms with Crippen LogP contribution in [-0.2, 0) is 0 Å². The van der Waals surface area contributed by atoms with Gasteiger partial charge < -0.3 is 16.0 Å². The zero-order chi connectivity index (χ0) is 17.4. The molecule has 0 spiro atoms. The number of thiazole rings is 1. The predicted molar refractivity (Wildman–Crippen MR) is 100 cm³/mol. The van der Waals surface area contributed by atoms with Crippen molar-refractivity contribution in [2.45, 2.75) is 6.92 Å². The van der Waals surface area contributed by atoms with Crippen LogP contribution in [-0.4, -0.2) is 19.9 Å². The highest BCUT2D eigenvalue weighted by Gasteiger charge is 2.09. The number of nitrogens with two attached hydrogens (primary N) is 1. The van der Waals surface area contributed by atoms with Gasteiger partial charge in [0.05, 0.1) is 10.2 Å². The number of nitrogens with zero attached hydrogens (tertiary/aromatic N) is 3. The van der Waals surface area contributed by atoms with Crippen LogP contribution in [0.15, 0.2) is 47.5 Å². The highest BCUT2D eigenvalue weighted by atomic mass is 32.1. The van der Waals surface area contributed by atoms with Gasteiger partial charge in [0.1, 0.15) is 22.5 Å². The lowest BCUT2D eigenvalue weighted by Crippen LogP contribution is -2.08. The maximum Gasteiger partial charge on any atom is 0.249 e. The highest BCUT2D eigenvalue weighted by Crippen LogP contribution is 2.31. The third-order valence-corrected chi connectivity index (χ3v) is 4.61. The van der Waals surface area contributed by atoms with Gasteiger partial charge in [-0.1, -0.05) is 0 Å². The fourth-order valence-corrected chi connectivity index (χ4v) is 3.41. The minimum absolute atomic E-state index is 0.158. The van der Waals surface area contributed by atoms with Gasteiger partial charge in [-0.2, -0.15) is 0 Å². The van der Waals surface area contributed by atoms with E-state index in [9.17, 15) is 4.79 Å². The molecule has 0 aliphatic rings. The number of H-pyrrole nitrogens is 1. The van der Waals surface area contributed by atoms with Crippen molar-refractivity contribution in [2.75, 3.05) is 11.1 Å². The van der Waals surface area contributed by atoms with Crippen LogP contribution in [0.3, 0.4) is 0 Å². The van der Waals surface area contributed by atoms with Gasteiger partial charge in [0.15, 0.2) is 0 Å². The van der Waals surface area contributed by atoms with Crippen LogP contribution in [0.25, 0.3) is 20.8 Å². The standard InChI is InChI=1S/C17H14N6OS/c1-9-4-15(23-16(24)5-9)22-14-7-11-12(8-20-14)25-17(21-11)10-2-3-19-13(18)6-10/h2-8H,1H3,(H2,18,19)(H2,20,22,23,24). The van der Waals surface area contributed by atoms with Crippen molar-refractivity contribution in [1.29, 1.82) is 0 Å². The molecule has 0 aliphatic carbocycles. The summed E-state index contributed by atoms with van der Waals surface area (Å²) in [5, 5.41) is 3.96. The second-order valence-corrected chi connectivity index (χ2v) is 6.62. The molecular weight excluding hydrogens is 336 g/mol. The summed E-state index contributed by atoms with van der Waals surface area (Å²) in [4.78, 5) is 27.3. The fourth-order valence-electron chi connectivity index (χ4n) is 2.49. The van der Waals surface area contributed by atoms with Gasteiger partial charge in [0.2, 0.25) is 5.56 Å². The summed E-state index contributed by atoms with van der Waals surface area (Å²) in [5.41, 5.74) is 8.20. The molecule has 0 saturated carbocycles. The molecule has 4 rings (SSSR count). The highest BCUT2D eigenvalue weighted by molar-refractivity contribution is 7.21. The molecule has 8 heteroatoms. The van der Waals surface area contributed by atoms with Crippen molar-refractivity contribution in [3.05, 3.63) is 58.6 Å². The number of hydrogen-bond acceptors (Lipinski definition) is 7. The summed E-state index contributed by atoms with van der Waals surface area (Å²) in [7, 11) is 0. The normalized spacial score (nSPS) is 10.9. The van der Waals surface area contributed by atoms with Crippen LogP contribution < -0.4 is 16.6 Å². The smallest absolute Gasteiger partial charge is 0.249 e. The maximum absolute atomic E-state index is 11.6. The summed E-state index contributed by atoms with van der Waals surface area (Å²) < 4.78 is 0.966. The quantitative estimate of drug-likeness (QED) is 0.524. The Kier molecular flexibility index (Phi) is 3.66. The van der Waals surface area contributed by atoms with Crippen molar-refractivity contribution >= 4 is 39.0 Å². The van der Waals surface area contributed by atoms with Crippen LogP contribution in [0.5, 0.6) is 0 Å². The molecular formula is C17H14N6OS. The Bertz CT molecular complexity index is 1130. The molecule has 0 bridgehead atoms. The van der Waals surface area contributed by atoms with Crippen LogP contribution in [0.1, 0.15) is 5.56 Å². The molecule has 0 radical (unpaired) electrons. The number of aryl methyl sites for hydroxylation is 1. The van der Waals surface area contributed by atoms with Gasteiger partial charge >= 0.3 is 0 Å². The molecule has 4 aromatic rings. The topological polar surface area (TPSA) is 110 Å². The molecule has 0 aliphatic heterocycles. The first-order valence-electron chi connectivity index (χ1n) is 7.53. The first kappa shape index (κ1) is 15.3.